The number of hydrogen-bond donors (Lipinski definition) is 1. The molecule has 2 rings (SSSR count). The van der Waals surface area contributed by atoms with E-state index in [4.69, 9.17) is 5.73 Å². The second-order valence-electron chi connectivity index (χ2n) is 4.02. The fourth-order valence-corrected chi connectivity index (χ4v) is 2.50. The van der Waals surface area contributed by atoms with E-state index in [2.05, 4.69) is 15.8 Å². The van der Waals surface area contributed by atoms with Gasteiger partial charge in [-0.3, -0.25) is 0 Å². The van der Waals surface area contributed by atoms with Crippen LogP contribution in [-0.4, -0.2) is 18.1 Å². The van der Waals surface area contributed by atoms with Crippen molar-refractivity contribution in [3.8, 4) is 0 Å². The Morgan fingerprint density at radius 3 is 2.84 bits per heavy atom. The predicted molar refractivity (Wildman–Crippen MR) is 75.3 cm³/mol. The molecule has 0 fully saturated rings. The lowest BCUT2D eigenvalue weighted by Crippen LogP contribution is -2.06. The van der Waals surface area contributed by atoms with E-state index < -0.39 is 5.97 Å². The minimum absolute atomic E-state index is 0.320. The Morgan fingerprint density at radius 1 is 1.37 bits per heavy atom. The summed E-state index contributed by atoms with van der Waals surface area (Å²) in [6, 6.07) is 9.71. The van der Waals surface area contributed by atoms with Crippen LogP contribution in [0.15, 0.2) is 46.5 Å². The number of carbonyl (C=O) groups excluding carboxylic acids is 1. The highest BCUT2D eigenvalue weighted by molar-refractivity contribution is 7.99. The second-order valence-corrected chi connectivity index (χ2v) is 5.11. The first kappa shape index (κ1) is 13.4. The molecule has 98 valence electrons. The summed E-state index contributed by atoms with van der Waals surface area (Å²) in [5.74, 6) is -0.453. The molecule has 0 aliphatic carbocycles. The molecule has 2 N–H and O–H groups in total. The third-order valence-corrected chi connectivity index (χ3v) is 3.45. The predicted octanol–water partition coefficient (Wildman–Crippen LogP) is 2.91. The molecule has 5 heteroatoms. The number of carbonyl (C=O) groups is 1. The third-order valence-electron chi connectivity index (χ3n) is 2.53. The fourth-order valence-electron chi connectivity index (χ4n) is 1.59. The fraction of sp³-hybridized carbons (Fsp3) is 0.143. The summed E-state index contributed by atoms with van der Waals surface area (Å²) in [7, 11) is 1.33. The number of hydrogen-bond acceptors (Lipinski definition) is 5. The van der Waals surface area contributed by atoms with E-state index in [0.717, 1.165) is 4.90 Å². The molecule has 0 saturated heterocycles. The van der Waals surface area contributed by atoms with Gasteiger partial charge in [0.2, 0.25) is 0 Å². The smallest absolute Gasteiger partial charge is 0.340 e. The molecule has 0 aliphatic heterocycles. The lowest BCUT2D eigenvalue weighted by Gasteiger charge is -2.06. The van der Waals surface area contributed by atoms with Crippen LogP contribution in [0.25, 0.3) is 0 Å². The molecular weight excluding hydrogens is 260 g/mol. The first-order chi connectivity index (χ1) is 9.10. The van der Waals surface area contributed by atoms with E-state index >= 15 is 0 Å². The van der Waals surface area contributed by atoms with Crippen LogP contribution < -0.4 is 5.73 Å². The number of pyridine rings is 1. The van der Waals surface area contributed by atoms with Crippen molar-refractivity contribution < 1.29 is 9.53 Å². The number of methoxy groups -OCH3 is 1. The van der Waals surface area contributed by atoms with Crippen molar-refractivity contribution in [3.63, 3.8) is 0 Å². The van der Waals surface area contributed by atoms with Crippen LogP contribution in [0.2, 0.25) is 0 Å². The number of rotatable bonds is 3. The van der Waals surface area contributed by atoms with E-state index in [9.17, 15) is 4.79 Å². The molecule has 0 spiro atoms. The number of esters is 1. The summed E-state index contributed by atoms with van der Waals surface area (Å²) in [4.78, 5) is 16.8. The zero-order valence-corrected chi connectivity index (χ0v) is 11.5. The van der Waals surface area contributed by atoms with E-state index in [-0.39, 0.29) is 0 Å². The van der Waals surface area contributed by atoms with Gasteiger partial charge in [-0.2, -0.15) is 0 Å². The minimum Gasteiger partial charge on any atom is -0.465 e. The topological polar surface area (TPSA) is 65.2 Å². The maximum Gasteiger partial charge on any atom is 0.340 e. The van der Waals surface area contributed by atoms with E-state index in [1.165, 1.54) is 30.6 Å². The molecule has 0 aliphatic rings. The molecule has 19 heavy (non-hydrogen) atoms. The number of anilines is 1. The Labute approximate surface area is 116 Å². The quantitative estimate of drug-likeness (QED) is 0.872. The molecule has 1 aromatic carbocycles. The number of aryl methyl sites for hydroxylation is 1. The van der Waals surface area contributed by atoms with Crippen LogP contribution in [-0.2, 0) is 4.74 Å². The van der Waals surface area contributed by atoms with Crippen molar-refractivity contribution in [1.29, 1.82) is 0 Å². The first-order valence-corrected chi connectivity index (χ1v) is 6.50. The monoisotopic (exact) mass is 274 g/mol. The Kier molecular flexibility index (Phi) is 4.06. The lowest BCUT2D eigenvalue weighted by molar-refractivity contribution is 0.0601. The van der Waals surface area contributed by atoms with Gasteiger partial charge in [0, 0.05) is 4.90 Å². The molecule has 0 radical (unpaired) electrons. The van der Waals surface area contributed by atoms with E-state index in [0.29, 0.717) is 16.3 Å². The molecule has 0 atom stereocenters. The molecule has 4 nitrogen and oxygen atoms in total. The van der Waals surface area contributed by atoms with Gasteiger partial charge in [-0.1, -0.05) is 29.5 Å². The highest BCUT2D eigenvalue weighted by Gasteiger charge is 2.12. The van der Waals surface area contributed by atoms with Crippen LogP contribution in [0.5, 0.6) is 0 Å². The number of ether oxygens (including phenoxy) is 1. The van der Waals surface area contributed by atoms with Crippen LogP contribution in [0.1, 0.15) is 15.9 Å². The molecule has 0 bridgehead atoms. The normalized spacial score (nSPS) is 10.2. The second kappa shape index (κ2) is 5.75. The Balaban J connectivity index is 2.29. The Morgan fingerprint density at radius 2 is 2.16 bits per heavy atom. The summed E-state index contributed by atoms with van der Waals surface area (Å²) in [5.41, 5.74) is 7.55. The van der Waals surface area contributed by atoms with Crippen molar-refractivity contribution in [3.05, 3.63) is 47.7 Å². The van der Waals surface area contributed by atoms with Gasteiger partial charge in [0.1, 0.15) is 5.03 Å². The highest BCUT2D eigenvalue weighted by Crippen LogP contribution is 2.28. The van der Waals surface area contributed by atoms with Gasteiger partial charge in [-0.25, -0.2) is 9.78 Å². The van der Waals surface area contributed by atoms with Gasteiger partial charge in [0.15, 0.2) is 0 Å². The highest BCUT2D eigenvalue weighted by atomic mass is 32.2. The van der Waals surface area contributed by atoms with Crippen LogP contribution in [0.4, 0.5) is 5.69 Å². The zero-order chi connectivity index (χ0) is 13.8. The Bertz CT molecular complexity index is 614. The van der Waals surface area contributed by atoms with Gasteiger partial charge >= 0.3 is 5.97 Å². The van der Waals surface area contributed by atoms with Gasteiger partial charge in [0.05, 0.1) is 24.6 Å². The standard InChI is InChI=1S/C14H14N2O2S/c1-9-4-3-5-10(6-9)19-13-7-11(14(17)18-2)12(15)8-16-13/h3-8H,15H2,1-2H3. The van der Waals surface area contributed by atoms with Crippen molar-refractivity contribution in [1.82, 2.24) is 4.98 Å². The number of aromatic nitrogens is 1. The summed E-state index contributed by atoms with van der Waals surface area (Å²) in [6.45, 7) is 2.03. The number of nitrogens with zero attached hydrogens (tertiary/aromatic N) is 1. The Hall–Kier alpha value is -2.01. The van der Waals surface area contributed by atoms with Crippen molar-refractivity contribution in [2.45, 2.75) is 16.8 Å². The first-order valence-electron chi connectivity index (χ1n) is 5.68. The van der Waals surface area contributed by atoms with Gasteiger partial charge < -0.3 is 10.5 Å². The van der Waals surface area contributed by atoms with Gasteiger partial charge in [-0.15, -0.1) is 0 Å². The molecule has 2 aromatic rings. The van der Waals surface area contributed by atoms with Gasteiger partial charge in [0.25, 0.3) is 0 Å². The lowest BCUT2D eigenvalue weighted by atomic mass is 10.2. The molecule has 1 aromatic heterocycles. The zero-order valence-electron chi connectivity index (χ0n) is 10.7. The molecule has 0 saturated carbocycles. The summed E-state index contributed by atoms with van der Waals surface area (Å²) in [5, 5.41) is 0.709. The molecular formula is C14H14N2O2S. The van der Waals surface area contributed by atoms with Crippen molar-refractivity contribution in [2.75, 3.05) is 12.8 Å². The number of benzene rings is 1. The van der Waals surface area contributed by atoms with Crippen molar-refractivity contribution in [2.24, 2.45) is 0 Å². The average Bonchev–Trinajstić information content (AvgIpc) is 2.40. The summed E-state index contributed by atoms with van der Waals surface area (Å²) >= 11 is 1.48. The van der Waals surface area contributed by atoms with E-state index in [1.807, 2.05) is 25.1 Å². The largest absolute Gasteiger partial charge is 0.465 e. The average molecular weight is 274 g/mol. The molecule has 0 amide bonds. The number of nitrogen functional groups attached to an aromatic ring is 1. The maximum absolute atomic E-state index is 11.6. The molecule has 0 unspecified atom stereocenters. The van der Waals surface area contributed by atoms with Gasteiger partial charge in [-0.05, 0) is 25.1 Å². The van der Waals surface area contributed by atoms with Crippen LogP contribution >= 0.6 is 11.8 Å². The summed E-state index contributed by atoms with van der Waals surface area (Å²) in [6.07, 6.45) is 1.48. The maximum atomic E-state index is 11.6. The SMILES string of the molecule is COC(=O)c1cc(Sc2cccc(C)c2)ncc1N. The van der Waals surface area contributed by atoms with Crippen LogP contribution in [0.3, 0.4) is 0 Å². The molecule has 1 heterocycles. The van der Waals surface area contributed by atoms with Crippen molar-refractivity contribution >= 4 is 23.4 Å². The third kappa shape index (κ3) is 3.26. The number of nitrogens with two attached hydrogens (primary N) is 1. The van der Waals surface area contributed by atoms with Crippen LogP contribution in [0, 0.1) is 6.92 Å². The summed E-state index contributed by atoms with van der Waals surface area (Å²) < 4.78 is 4.69. The van der Waals surface area contributed by atoms with E-state index in [1.54, 1.807) is 6.07 Å². The minimum atomic E-state index is -0.453.